The molecule has 0 saturated heterocycles. The Morgan fingerprint density at radius 2 is 2.00 bits per heavy atom. The molecule has 0 aliphatic carbocycles. The van der Waals surface area contributed by atoms with Crippen LogP contribution in [0.2, 0.25) is 0 Å². The number of nitrogens with zero attached hydrogens (tertiary/aromatic N) is 6. The van der Waals surface area contributed by atoms with E-state index in [1.54, 1.807) is 4.68 Å². The SMILES string of the molecule is Cc1ccc(-n2nnnc2SCc2nc(-c3cccc(Br)c3)no2)cc1C. The molecule has 2 heterocycles. The van der Waals surface area contributed by atoms with Crippen LogP contribution in [0.4, 0.5) is 0 Å². The predicted octanol–water partition coefficient (Wildman–Crippen LogP) is 4.38. The molecule has 0 saturated carbocycles. The van der Waals surface area contributed by atoms with E-state index in [2.05, 4.69) is 67.6 Å². The largest absolute Gasteiger partial charge is 0.338 e. The summed E-state index contributed by atoms with van der Waals surface area (Å²) < 4.78 is 8.04. The number of thioether (sulfide) groups is 1. The van der Waals surface area contributed by atoms with Gasteiger partial charge in [-0.3, -0.25) is 0 Å². The summed E-state index contributed by atoms with van der Waals surface area (Å²) in [6.45, 7) is 4.14. The second-order valence-electron chi connectivity index (χ2n) is 5.95. The van der Waals surface area contributed by atoms with E-state index >= 15 is 0 Å². The van der Waals surface area contributed by atoms with E-state index in [1.807, 2.05) is 30.3 Å². The maximum absolute atomic E-state index is 5.36. The molecule has 0 unspecified atom stereocenters. The number of aromatic nitrogens is 6. The van der Waals surface area contributed by atoms with Crippen LogP contribution < -0.4 is 0 Å². The molecule has 0 aliphatic rings. The topological polar surface area (TPSA) is 82.5 Å². The van der Waals surface area contributed by atoms with E-state index in [4.69, 9.17) is 4.52 Å². The summed E-state index contributed by atoms with van der Waals surface area (Å²) in [5, 5.41) is 16.7. The van der Waals surface area contributed by atoms with Crippen LogP contribution in [0.3, 0.4) is 0 Å². The van der Waals surface area contributed by atoms with E-state index in [-0.39, 0.29) is 0 Å². The fourth-order valence-corrected chi connectivity index (χ4v) is 3.60. The van der Waals surface area contributed by atoms with Gasteiger partial charge in [-0.1, -0.05) is 51.0 Å². The summed E-state index contributed by atoms with van der Waals surface area (Å²) >= 11 is 4.89. The van der Waals surface area contributed by atoms with Gasteiger partial charge in [-0.05, 0) is 59.7 Å². The number of rotatable bonds is 5. The highest BCUT2D eigenvalue weighted by Gasteiger charge is 2.14. The second kappa shape index (κ2) is 7.61. The molecule has 0 spiro atoms. The summed E-state index contributed by atoms with van der Waals surface area (Å²) in [5.74, 6) is 1.55. The minimum Gasteiger partial charge on any atom is -0.338 e. The van der Waals surface area contributed by atoms with Crippen LogP contribution in [0.5, 0.6) is 0 Å². The van der Waals surface area contributed by atoms with Crippen molar-refractivity contribution in [2.24, 2.45) is 0 Å². The third-order valence-electron chi connectivity index (χ3n) is 4.05. The van der Waals surface area contributed by atoms with Crippen LogP contribution in [0.1, 0.15) is 17.0 Å². The Morgan fingerprint density at radius 3 is 2.81 bits per heavy atom. The molecule has 7 nitrogen and oxygen atoms in total. The predicted molar refractivity (Wildman–Crippen MR) is 106 cm³/mol. The molecule has 136 valence electrons. The van der Waals surface area contributed by atoms with E-state index in [9.17, 15) is 0 Å². The monoisotopic (exact) mass is 442 g/mol. The van der Waals surface area contributed by atoms with Crippen molar-refractivity contribution in [2.45, 2.75) is 24.8 Å². The number of hydrogen-bond donors (Lipinski definition) is 0. The fraction of sp³-hybridized carbons (Fsp3) is 0.167. The van der Waals surface area contributed by atoms with E-state index in [0.29, 0.717) is 22.6 Å². The van der Waals surface area contributed by atoms with Crippen LogP contribution in [-0.2, 0) is 5.75 Å². The molecule has 2 aromatic heterocycles. The van der Waals surface area contributed by atoms with Gasteiger partial charge in [0.1, 0.15) is 0 Å². The Hall–Kier alpha value is -2.52. The van der Waals surface area contributed by atoms with Gasteiger partial charge in [-0.2, -0.15) is 9.67 Å². The van der Waals surface area contributed by atoms with Gasteiger partial charge in [-0.15, -0.1) is 5.10 Å². The average molecular weight is 443 g/mol. The molecule has 4 aromatic rings. The zero-order chi connectivity index (χ0) is 18.8. The Labute approximate surface area is 168 Å². The van der Waals surface area contributed by atoms with E-state index in [0.717, 1.165) is 15.7 Å². The van der Waals surface area contributed by atoms with Crippen LogP contribution in [0.25, 0.3) is 17.1 Å². The van der Waals surface area contributed by atoms with Crippen molar-refractivity contribution in [2.75, 3.05) is 0 Å². The van der Waals surface area contributed by atoms with Crippen molar-refractivity contribution >= 4 is 27.7 Å². The molecule has 0 amide bonds. The number of halogens is 1. The van der Waals surface area contributed by atoms with Gasteiger partial charge in [0, 0.05) is 10.0 Å². The molecular weight excluding hydrogens is 428 g/mol. The number of tetrazole rings is 1. The molecule has 0 radical (unpaired) electrons. The van der Waals surface area contributed by atoms with Gasteiger partial charge >= 0.3 is 0 Å². The van der Waals surface area contributed by atoms with Crippen LogP contribution in [0.15, 0.2) is 56.6 Å². The lowest BCUT2D eigenvalue weighted by Gasteiger charge is -2.06. The first-order valence-electron chi connectivity index (χ1n) is 8.17. The second-order valence-corrected chi connectivity index (χ2v) is 7.81. The van der Waals surface area contributed by atoms with Crippen molar-refractivity contribution < 1.29 is 4.52 Å². The summed E-state index contributed by atoms with van der Waals surface area (Å²) in [6.07, 6.45) is 0. The first kappa shape index (κ1) is 17.9. The quantitative estimate of drug-likeness (QED) is 0.423. The summed E-state index contributed by atoms with van der Waals surface area (Å²) in [6, 6.07) is 13.9. The van der Waals surface area contributed by atoms with Gasteiger partial charge in [0.15, 0.2) is 0 Å². The van der Waals surface area contributed by atoms with Crippen molar-refractivity contribution in [3.8, 4) is 17.1 Å². The van der Waals surface area contributed by atoms with Crippen molar-refractivity contribution in [1.82, 2.24) is 30.3 Å². The van der Waals surface area contributed by atoms with Crippen LogP contribution in [-0.4, -0.2) is 30.3 Å². The van der Waals surface area contributed by atoms with Gasteiger partial charge < -0.3 is 4.52 Å². The minimum absolute atomic E-state index is 0.478. The maximum Gasteiger partial charge on any atom is 0.237 e. The maximum atomic E-state index is 5.36. The Balaban J connectivity index is 1.50. The average Bonchev–Trinajstić information content (AvgIpc) is 3.31. The van der Waals surface area contributed by atoms with Gasteiger partial charge in [0.05, 0.1) is 11.4 Å². The van der Waals surface area contributed by atoms with E-state index < -0.39 is 0 Å². The standard InChI is InChI=1S/C18H15BrN6OS/c1-11-6-7-15(8-12(11)2)25-18(21-23-24-25)27-10-16-20-17(22-26-16)13-4-3-5-14(19)9-13/h3-9H,10H2,1-2H3. The summed E-state index contributed by atoms with van der Waals surface area (Å²) in [7, 11) is 0. The van der Waals surface area contributed by atoms with Gasteiger partial charge in [0.25, 0.3) is 0 Å². The summed E-state index contributed by atoms with van der Waals surface area (Å²) in [4.78, 5) is 4.45. The Bertz CT molecular complexity index is 1090. The summed E-state index contributed by atoms with van der Waals surface area (Å²) in [5.41, 5.74) is 4.23. The molecule has 0 atom stereocenters. The van der Waals surface area contributed by atoms with Gasteiger partial charge in [0.2, 0.25) is 16.9 Å². The third kappa shape index (κ3) is 3.93. The zero-order valence-electron chi connectivity index (χ0n) is 14.6. The lowest BCUT2D eigenvalue weighted by atomic mass is 10.1. The van der Waals surface area contributed by atoms with E-state index in [1.165, 1.54) is 22.9 Å². The van der Waals surface area contributed by atoms with Gasteiger partial charge in [-0.25, -0.2) is 0 Å². The Morgan fingerprint density at radius 1 is 1.11 bits per heavy atom. The normalized spacial score (nSPS) is 11.1. The van der Waals surface area contributed by atoms with Crippen molar-refractivity contribution in [1.29, 1.82) is 0 Å². The first-order chi connectivity index (χ1) is 13.1. The Kier molecular flexibility index (Phi) is 5.04. The molecule has 4 rings (SSSR count). The first-order valence-corrected chi connectivity index (χ1v) is 9.95. The molecule has 0 bridgehead atoms. The highest BCUT2D eigenvalue weighted by molar-refractivity contribution is 9.10. The lowest BCUT2D eigenvalue weighted by Crippen LogP contribution is -2.00. The number of aryl methyl sites for hydroxylation is 2. The van der Waals surface area contributed by atoms with Crippen molar-refractivity contribution in [3.05, 3.63) is 64.0 Å². The van der Waals surface area contributed by atoms with Crippen molar-refractivity contribution in [3.63, 3.8) is 0 Å². The molecule has 27 heavy (non-hydrogen) atoms. The molecule has 0 aliphatic heterocycles. The smallest absolute Gasteiger partial charge is 0.237 e. The molecule has 0 N–H and O–H groups in total. The lowest BCUT2D eigenvalue weighted by molar-refractivity contribution is 0.391. The highest BCUT2D eigenvalue weighted by atomic mass is 79.9. The molecular formula is C18H15BrN6OS. The highest BCUT2D eigenvalue weighted by Crippen LogP contribution is 2.25. The minimum atomic E-state index is 0.478. The molecule has 0 fully saturated rings. The zero-order valence-corrected chi connectivity index (χ0v) is 17.0. The fourth-order valence-electron chi connectivity index (χ4n) is 2.47. The molecule has 2 aromatic carbocycles. The van der Waals surface area contributed by atoms with Crippen LogP contribution in [0, 0.1) is 13.8 Å². The van der Waals surface area contributed by atoms with Crippen LogP contribution >= 0.6 is 27.7 Å². The number of benzene rings is 2. The molecule has 9 heteroatoms. The number of hydrogen-bond acceptors (Lipinski definition) is 7. The third-order valence-corrected chi connectivity index (χ3v) is 5.45.